The molecule has 1 N–H and O–H groups in total. The van der Waals surface area contributed by atoms with Crippen molar-refractivity contribution in [3.8, 4) is 16.4 Å². The normalized spacial score (nSPS) is 12.3. The first-order valence-electron chi connectivity index (χ1n) is 9.90. The first-order valence-corrected chi connectivity index (χ1v) is 11.2. The van der Waals surface area contributed by atoms with Crippen molar-refractivity contribution < 1.29 is 0 Å². The lowest BCUT2D eigenvalue weighted by molar-refractivity contribution is 0.835. The van der Waals surface area contributed by atoms with Crippen molar-refractivity contribution in [2.45, 2.75) is 13.8 Å². The minimum absolute atomic E-state index is 0.217. The van der Waals surface area contributed by atoms with E-state index in [9.17, 15) is 4.79 Å². The summed E-state index contributed by atoms with van der Waals surface area (Å²) >= 11 is 7.32. The van der Waals surface area contributed by atoms with Crippen LogP contribution in [0.2, 0.25) is 5.02 Å². The predicted octanol–water partition coefficient (Wildman–Crippen LogP) is 7.34. The molecule has 2 heterocycles. The lowest BCUT2D eigenvalue weighted by Gasteiger charge is -1.98. The molecule has 0 aliphatic heterocycles. The molecule has 0 bridgehead atoms. The van der Waals surface area contributed by atoms with Gasteiger partial charge in [-0.05, 0) is 43.7 Å². The number of H-pyrrole nitrogens is 1. The number of aromatic amines is 1. The molecule has 0 aliphatic carbocycles. The first kappa shape index (κ1) is 21.7. The third-order valence-corrected chi connectivity index (χ3v) is 5.72. The molecule has 32 heavy (non-hydrogen) atoms. The number of allylic oxidation sites excluding steroid dienone is 4. The topological polar surface area (TPSA) is 75.4 Å². The van der Waals surface area contributed by atoms with E-state index >= 15 is 0 Å². The van der Waals surface area contributed by atoms with Gasteiger partial charge in [-0.15, -0.1) is 16.5 Å². The van der Waals surface area contributed by atoms with Crippen LogP contribution in [0.4, 0.5) is 11.4 Å². The number of nitrogens with one attached hydrogen (secondary N) is 1. The van der Waals surface area contributed by atoms with E-state index < -0.39 is 0 Å². The maximum Gasteiger partial charge on any atom is 0.301 e. The highest BCUT2D eigenvalue weighted by Gasteiger charge is 2.18. The Hall–Kier alpha value is -3.55. The number of nitrogens with zero attached hydrogens (tertiary/aromatic N) is 4. The Morgan fingerprint density at radius 1 is 1.12 bits per heavy atom. The average molecular weight is 462 g/mol. The van der Waals surface area contributed by atoms with Gasteiger partial charge in [0.2, 0.25) is 5.13 Å². The Bertz CT molecular complexity index is 1360. The van der Waals surface area contributed by atoms with Crippen LogP contribution in [0.1, 0.15) is 19.5 Å². The molecule has 0 saturated carbocycles. The monoisotopic (exact) mass is 461 g/mol. The van der Waals surface area contributed by atoms with Gasteiger partial charge in [-0.2, -0.15) is 9.80 Å². The number of aromatic nitrogens is 3. The number of hydrogen-bond donors (Lipinski definition) is 1. The molecule has 160 valence electrons. The summed E-state index contributed by atoms with van der Waals surface area (Å²) in [5.41, 5.74) is 3.73. The number of halogens is 1. The Labute approximate surface area is 194 Å². The van der Waals surface area contributed by atoms with E-state index in [0.29, 0.717) is 21.5 Å². The minimum atomic E-state index is -0.320. The van der Waals surface area contributed by atoms with Crippen molar-refractivity contribution in [2.75, 3.05) is 0 Å². The van der Waals surface area contributed by atoms with Gasteiger partial charge in [-0.3, -0.25) is 9.89 Å². The number of rotatable bonds is 6. The van der Waals surface area contributed by atoms with Crippen LogP contribution in [0, 0.1) is 0 Å². The van der Waals surface area contributed by atoms with E-state index in [2.05, 4.69) is 20.3 Å². The van der Waals surface area contributed by atoms with Crippen molar-refractivity contribution in [1.29, 1.82) is 0 Å². The van der Waals surface area contributed by atoms with Gasteiger partial charge in [0.25, 0.3) is 0 Å². The highest BCUT2D eigenvalue weighted by Crippen LogP contribution is 2.28. The highest BCUT2D eigenvalue weighted by molar-refractivity contribution is 7.12. The number of benzene rings is 2. The second-order valence-corrected chi connectivity index (χ2v) is 8.18. The average Bonchev–Trinajstić information content (AvgIpc) is 3.42. The van der Waals surface area contributed by atoms with Gasteiger partial charge in [-0.25, -0.2) is 4.98 Å². The quantitative estimate of drug-likeness (QED) is 0.241. The maximum atomic E-state index is 13.3. The lowest BCUT2D eigenvalue weighted by Crippen LogP contribution is -2.13. The van der Waals surface area contributed by atoms with E-state index in [1.807, 2.05) is 67.8 Å². The van der Waals surface area contributed by atoms with Crippen LogP contribution >= 0.6 is 22.9 Å². The third kappa shape index (κ3) is 4.69. The molecule has 6 nitrogen and oxygen atoms in total. The van der Waals surface area contributed by atoms with Crippen LogP contribution in [-0.4, -0.2) is 14.8 Å². The minimum Gasteiger partial charge on any atom is -0.286 e. The van der Waals surface area contributed by atoms with Crippen LogP contribution in [0.3, 0.4) is 0 Å². The molecule has 0 saturated heterocycles. The van der Waals surface area contributed by atoms with Gasteiger partial charge in [0, 0.05) is 16.0 Å². The molecule has 4 rings (SSSR count). The van der Waals surface area contributed by atoms with Crippen molar-refractivity contribution in [3.05, 3.63) is 99.3 Å². The van der Waals surface area contributed by atoms with E-state index in [1.54, 1.807) is 24.3 Å². The summed E-state index contributed by atoms with van der Waals surface area (Å²) in [6.07, 6.45) is 5.73. The third-order valence-electron chi connectivity index (χ3n) is 4.64. The summed E-state index contributed by atoms with van der Waals surface area (Å²) < 4.78 is 1.41. The van der Waals surface area contributed by atoms with E-state index in [4.69, 9.17) is 11.6 Å². The number of azo groups is 1. The van der Waals surface area contributed by atoms with E-state index in [0.717, 1.165) is 16.8 Å². The van der Waals surface area contributed by atoms with Gasteiger partial charge in [0.05, 0.1) is 17.1 Å². The second kappa shape index (κ2) is 9.72. The summed E-state index contributed by atoms with van der Waals surface area (Å²) in [7, 11) is 0. The molecule has 0 radical (unpaired) electrons. The molecule has 2 aromatic carbocycles. The van der Waals surface area contributed by atoms with Crippen LogP contribution in [0.15, 0.2) is 93.2 Å². The van der Waals surface area contributed by atoms with Gasteiger partial charge >= 0.3 is 5.56 Å². The van der Waals surface area contributed by atoms with Crippen LogP contribution in [-0.2, 0) is 0 Å². The van der Waals surface area contributed by atoms with Crippen molar-refractivity contribution in [3.63, 3.8) is 0 Å². The van der Waals surface area contributed by atoms with Crippen molar-refractivity contribution in [2.24, 2.45) is 10.2 Å². The zero-order valence-electron chi connectivity index (χ0n) is 17.5. The van der Waals surface area contributed by atoms with Gasteiger partial charge in [0.1, 0.15) is 0 Å². The summed E-state index contributed by atoms with van der Waals surface area (Å²) in [6.45, 7) is 3.84. The molecule has 0 aliphatic rings. The summed E-state index contributed by atoms with van der Waals surface area (Å²) in [5.74, 6) is 0. The van der Waals surface area contributed by atoms with Crippen molar-refractivity contribution >= 4 is 39.9 Å². The van der Waals surface area contributed by atoms with E-state index in [1.165, 1.54) is 16.0 Å². The molecule has 8 heteroatoms. The van der Waals surface area contributed by atoms with Gasteiger partial charge in [0.15, 0.2) is 5.69 Å². The summed E-state index contributed by atoms with van der Waals surface area (Å²) in [6, 6.07) is 16.8. The summed E-state index contributed by atoms with van der Waals surface area (Å²) in [5, 5.41) is 14.7. The smallest absolute Gasteiger partial charge is 0.286 e. The molecular weight excluding hydrogens is 442 g/mol. The SMILES string of the molecule is C/C=C\C=C(/C)c1[nH]n(-c2nc(-c3ccccc3)cs2)c(=O)c1N=Nc1ccc(Cl)cc1. The molecular formula is C24H20ClN5OS. The number of thiazole rings is 1. The maximum absolute atomic E-state index is 13.3. The lowest BCUT2D eigenvalue weighted by atomic mass is 10.2. The molecule has 0 unspecified atom stereocenters. The van der Waals surface area contributed by atoms with Crippen LogP contribution in [0.5, 0.6) is 0 Å². The molecule has 0 atom stereocenters. The fourth-order valence-electron chi connectivity index (χ4n) is 2.98. The predicted molar refractivity (Wildman–Crippen MR) is 132 cm³/mol. The Kier molecular flexibility index (Phi) is 6.58. The van der Waals surface area contributed by atoms with Crippen LogP contribution < -0.4 is 5.56 Å². The first-order chi connectivity index (χ1) is 15.6. The zero-order valence-corrected chi connectivity index (χ0v) is 19.1. The molecule has 0 fully saturated rings. The molecule has 0 amide bonds. The zero-order chi connectivity index (χ0) is 22.5. The Morgan fingerprint density at radius 2 is 1.88 bits per heavy atom. The van der Waals surface area contributed by atoms with Crippen molar-refractivity contribution in [1.82, 2.24) is 14.8 Å². The Morgan fingerprint density at radius 3 is 2.59 bits per heavy atom. The van der Waals surface area contributed by atoms with E-state index in [-0.39, 0.29) is 11.2 Å². The standard InChI is InChI=1S/C24H20ClN5OS/c1-3-4-8-16(2)21-22(28-27-19-13-11-18(25)12-14-19)23(31)30(29-21)24-26-20(15-32-24)17-9-6-5-7-10-17/h3-15,29H,1-2H3/b4-3-,16-8+,28-27?. The fraction of sp³-hybridized carbons (Fsp3) is 0.0833. The highest BCUT2D eigenvalue weighted by atomic mass is 35.5. The van der Waals surface area contributed by atoms with Crippen LogP contribution in [0.25, 0.3) is 22.0 Å². The molecule has 2 aromatic heterocycles. The van der Waals surface area contributed by atoms with Gasteiger partial charge < -0.3 is 0 Å². The largest absolute Gasteiger partial charge is 0.301 e. The van der Waals surface area contributed by atoms with Gasteiger partial charge in [-0.1, -0.05) is 60.2 Å². The summed E-state index contributed by atoms with van der Waals surface area (Å²) in [4.78, 5) is 17.9. The number of hydrogen-bond acceptors (Lipinski definition) is 5. The Balaban J connectivity index is 1.78. The second-order valence-electron chi connectivity index (χ2n) is 6.91. The molecule has 0 spiro atoms. The fourth-order valence-corrected chi connectivity index (χ4v) is 3.90. The molecule has 4 aromatic rings.